The number of carbonyl (C=O) groups is 1. The van der Waals surface area contributed by atoms with Gasteiger partial charge in [0.05, 0.1) is 34.4 Å². The van der Waals surface area contributed by atoms with Crippen molar-refractivity contribution in [3.8, 4) is 11.4 Å². The summed E-state index contributed by atoms with van der Waals surface area (Å²) in [6, 6.07) is 8.72. The second-order valence-electron chi connectivity index (χ2n) is 7.23. The number of allylic oxidation sites excluding steroid dienone is 1. The van der Waals surface area contributed by atoms with Crippen LogP contribution in [0, 0.1) is 5.82 Å². The van der Waals surface area contributed by atoms with Gasteiger partial charge in [-0.2, -0.15) is 17.5 Å². The maximum Gasteiger partial charge on any atom is 0.416 e. The Bertz CT molecular complexity index is 1490. The Labute approximate surface area is 211 Å². The van der Waals surface area contributed by atoms with E-state index in [1.165, 1.54) is 36.7 Å². The van der Waals surface area contributed by atoms with E-state index < -0.39 is 23.5 Å². The van der Waals surface area contributed by atoms with E-state index in [2.05, 4.69) is 31.0 Å². The van der Waals surface area contributed by atoms with E-state index >= 15 is 0 Å². The highest BCUT2D eigenvalue weighted by molar-refractivity contribution is 7.08. The molecule has 0 saturated heterocycles. The van der Waals surface area contributed by atoms with Crippen LogP contribution in [0.15, 0.2) is 58.6 Å². The minimum atomic E-state index is -4.51. The van der Waals surface area contributed by atoms with Crippen molar-refractivity contribution in [2.24, 2.45) is 9.98 Å². The molecule has 3 N–H and O–H groups in total. The van der Waals surface area contributed by atoms with E-state index in [1.807, 2.05) is 0 Å². The smallest absolute Gasteiger partial charge is 0.416 e. The van der Waals surface area contributed by atoms with Crippen LogP contribution in [0.3, 0.4) is 0 Å². The maximum absolute atomic E-state index is 15.0. The molecule has 2 heterocycles. The van der Waals surface area contributed by atoms with Crippen LogP contribution in [-0.4, -0.2) is 50.6 Å². The van der Waals surface area contributed by atoms with E-state index in [0.717, 1.165) is 30.8 Å². The number of aliphatic hydroxyl groups is 1. The molecule has 0 aliphatic rings. The maximum atomic E-state index is 15.0. The van der Waals surface area contributed by atoms with E-state index in [0.29, 0.717) is 16.8 Å². The molecule has 0 spiro atoms. The number of rotatable bonds is 7. The number of fused-ring (bicyclic) bond motifs is 1. The zero-order valence-electron chi connectivity index (χ0n) is 19.1. The molecule has 4 aromatic rings. The third-order valence-corrected chi connectivity index (χ3v) is 5.67. The fourth-order valence-corrected chi connectivity index (χ4v) is 3.80. The van der Waals surface area contributed by atoms with Crippen LogP contribution in [0.1, 0.15) is 26.5 Å². The molecule has 8 nitrogen and oxygen atoms in total. The summed E-state index contributed by atoms with van der Waals surface area (Å²) in [6.45, 7) is 3.51. The second kappa shape index (κ2) is 11.7. The van der Waals surface area contributed by atoms with Crippen LogP contribution in [0.2, 0.25) is 0 Å². The van der Waals surface area contributed by atoms with Crippen LogP contribution >= 0.6 is 11.5 Å². The molecule has 0 aliphatic carbocycles. The molecular weight excluding hydrogens is 514 g/mol. The van der Waals surface area contributed by atoms with E-state index in [9.17, 15) is 22.4 Å². The van der Waals surface area contributed by atoms with Gasteiger partial charge in [0.25, 0.3) is 0 Å². The number of benzene rings is 2. The Kier molecular flexibility index (Phi) is 8.63. The van der Waals surface area contributed by atoms with Gasteiger partial charge >= 0.3 is 12.1 Å². The molecule has 2 aromatic heterocycles. The third kappa shape index (κ3) is 6.51. The van der Waals surface area contributed by atoms with Gasteiger partial charge in [-0.25, -0.2) is 14.2 Å². The average molecular weight is 534 g/mol. The Morgan fingerprint density at radius 1 is 1.19 bits per heavy atom. The molecule has 0 fully saturated rings. The number of nitrogens with zero attached hydrogens (tertiary/aromatic N) is 4. The van der Waals surface area contributed by atoms with E-state index in [4.69, 9.17) is 10.2 Å². The molecule has 0 unspecified atom stereocenters. The first kappa shape index (κ1) is 27.4. The standard InChI is InChI=1S/C23H15F4N5O2S.CH4O/c1-28-9-13(10-29-11-15-8-20(22(33)34)35-32-15)12-2-4-16(17(24)6-12)21-30-18-5-3-14(23(25,26)27)7-19(18)31-21;1-2/h2-10H,1,11H2,(H,30,31)(H,33,34);2H,1H3/b13-9+,29-10?;. The number of nitrogens with one attached hydrogen (secondary N) is 1. The number of halogens is 4. The summed E-state index contributed by atoms with van der Waals surface area (Å²) in [7, 11) is 1.00. The summed E-state index contributed by atoms with van der Waals surface area (Å²) >= 11 is 0.847. The lowest BCUT2D eigenvalue weighted by molar-refractivity contribution is -0.137. The average Bonchev–Trinajstić information content (AvgIpc) is 3.51. The number of aromatic nitrogens is 3. The SMILES string of the molecule is C=N/C=C(\C=NCc1cc(C(=O)O)sn1)c1ccc(-c2nc3ccc(C(F)(F)F)cc3[nH]2)c(F)c1.CO. The first-order valence-corrected chi connectivity index (χ1v) is 11.1. The van der Waals surface area contributed by atoms with Crippen LogP contribution in [-0.2, 0) is 12.7 Å². The summed E-state index contributed by atoms with van der Waals surface area (Å²) in [5.74, 6) is -1.65. The number of aliphatic imine (C=N–C) groups is 2. The molecule has 2 aromatic carbocycles. The van der Waals surface area contributed by atoms with E-state index in [1.54, 1.807) is 6.07 Å². The van der Waals surface area contributed by atoms with Gasteiger partial charge in [0.1, 0.15) is 16.5 Å². The van der Waals surface area contributed by atoms with Crippen molar-refractivity contribution in [3.63, 3.8) is 0 Å². The Morgan fingerprint density at radius 3 is 2.57 bits per heavy atom. The number of imidazole rings is 1. The zero-order chi connectivity index (χ0) is 27.2. The summed E-state index contributed by atoms with van der Waals surface area (Å²) < 4.78 is 57.9. The first-order valence-electron chi connectivity index (χ1n) is 10.3. The monoisotopic (exact) mass is 533 g/mol. The minimum absolute atomic E-state index is 0.0741. The van der Waals surface area contributed by atoms with Gasteiger partial charge in [-0.05, 0) is 60.2 Å². The quantitative estimate of drug-likeness (QED) is 0.215. The molecule has 13 heteroatoms. The van der Waals surface area contributed by atoms with Gasteiger partial charge in [0.15, 0.2) is 0 Å². The molecule has 0 aliphatic heterocycles. The predicted molar refractivity (Wildman–Crippen MR) is 133 cm³/mol. The number of aromatic amines is 1. The molecule has 0 bridgehead atoms. The van der Waals surface area contributed by atoms with Gasteiger partial charge in [0.2, 0.25) is 0 Å². The summed E-state index contributed by atoms with van der Waals surface area (Å²) in [4.78, 5) is 25.9. The van der Waals surface area contributed by atoms with Gasteiger partial charge < -0.3 is 15.2 Å². The number of carboxylic acid groups (broad SMARTS) is 1. The molecule has 0 atom stereocenters. The van der Waals surface area contributed by atoms with Crippen molar-refractivity contribution in [1.82, 2.24) is 14.3 Å². The second-order valence-corrected chi connectivity index (χ2v) is 8.04. The summed E-state index contributed by atoms with van der Waals surface area (Å²) in [5, 5.41) is 16.0. The van der Waals surface area contributed by atoms with Crippen molar-refractivity contribution in [1.29, 1.82) is 0 Å². The molecule has 192 valence electrons. The van der Waals surface area contributed by atoms with Gasteiger partial charge in [-0.1, -0.05) is 6.07 Å². The number of aromatic carboxylic acids is 1. The third-order valence-electron chi connectivity index (χ3n) is 4.85. The largest absolute Gasteiger partial charge is 0.477 e. The summed E-state index contributed by atoms with van der Waals surface area (Å²) in [6.07, 6.45) is -1.70. The molecule has 4 rings (SSSR count). The lowest BCUT2D eigenvalue weighted by atomic mass is 10.0. The van der Waals surface area contributed by atoms with Crippen LogP contribution in [0.4, 0.5) is 17.6 Å². The Balaban J connectivity index is 0.00000186. The first-order chi connectivity index (χ1) is 17.7. The van der Waals surface area contributed by atoms with Crippen LogP contribution < -0.4 is 0 Å². The minimum Gasteiger partial charge on any atom is -0.477 e. The summed E-state index contributed by atoms with van der Waals surface area (Å²) in [5.41, 5.74) is 0.961. The topological polar surface area (TPSA) is 124 Å². The number of aliphatic hydroxyl groups excluding tert-OH is 1. The van der Waals surface area contributed by atoms with E-state index in [-0.39, 0.29) is 33.8 Å². The van der Waals surface area contributed by atoms with Gasteiger partial charge in [-0.15, -0.1) is 0 Å². The lowest BCUT2D eigenvalue weighted by Crippen LogP contribution is -2.04. The molecule has 37 heavy (non-hydrogen) atoms. The molecule has 0 saturated carbocycles. The van der Waals surface area contributed by atoms with Crippen molar-refractivity contribution in [2.45, 2.75) is 12.7 Å². The van der Waals surface area contributed by atoms with Crippen LogP contribution in [0.5, 0.6) is 0 Å². The highest BCUT2D eigenvalue weighted by atomic mass is 32.1. The van der Waals surface area contributed by atoms with Gasteiger partial charge in [-0.3, -0.25) is 9.98 Å². The van der Waals surface area contributed by atoms with Gasteiger partial charge in [0, 0.05) is 25.1 Å². The fourth-order valence-electron chi connectivity index (χ4n) is 3.21. The molecular formula is C24H19F4N5O3S. The molecule has 0 amide bonds. The number of carboxylic acids is 1. The lowest BCUT2D eigenvalue weighted by Gasteiger charge is -2.05. The van der Waals surface area contributed by atoms with Crippen LogP contribution in [0.25, 0.3) is 28.0 Å². The van der Waals surface area contributed by atoms with Crippen molar-refractivity contribution in [3.05, 3.63) is 76.2 Å². The number of hydrogen-bond acceptors (Lipinski definition) is 7. The zero-order valence-corrected chi connectivity index (χ0v) is 19.9. The predicted octanol–water partition coefficient (Wildman–Crippen LogP) is 5.46. The number of alkyl halides is 3. The highest BCUT2D eigenvalue weighted by Gasteiger charge is 2.30. The van der Waals surface area contributed by atoms with Crippen molar-refractivity contribution in [2.75, 3.05) is 7.11 Å². The highest BCUT2D eigenvalue weighted by Crippen LogP contribution is 2.32. The fraction of sp³-hybridized carbons (Fsp3) is 0.125. The number of hydrogen-bond donors (Lipinski definition) is 3. The van der Waals surface area contributed by atoms with Crippen molar-refractivity contribution >= 4 is 47.0 Å². The Morgan fingerprint density at radius 2 is 1.95 bits per heavy atom. The Hall–Kier alpha value is -4.23. The number of H-pyrrole nitrogens is 1. The molecule has 0 radical (unpaired) electrons. The normalized spacial score (nSPS) is 12.0. The van der Waals surface area contributed by atoms with Crippen molar-refractivity contribution < 1.29 is 32.6 Å².